The van der Waals surface area contributed by atoms with Crippen LogP contribution in [0.4, 0.5) is 10.5 Å². The first-order valence-corrected chi connectivity index (χ1v) is 6.81. The van der Waals surface area contributed by atoms with Gasteiger partial charge in [0.05, 0.1) is 5.69 Å². The first-order valence-electron chi connectivity index (χ1n) is 6.81. The predicted octanol–water partition coefficient (Wildman–Crippen LogP) is 3.97. The van der Waals surface area contributed by atoms with Crippen molar-refractivity contribution in [3.8, 4) is 11.3 Å². The van der Waals surface area contributed by atoms with Crippen LogP contribution in [0.1, 0.15) is 26.3 Å². The summed E-state index contributed by atoms with van der Waals surface area (Å²) in [6, 6.07) is 10.2. The maximum Gasteiger partial charge on any atom is 0.412 e. The normalized spacial score (nSPS) is 16.2. The van der Waals surface area contributed by atoms with Gasteiger partial charge in [-0.05, 0) is 50.6 Å². The van der Waals surface area contributed by atoms with Crippen LogP contribution < -0.4 is 5.32 Å². The highest BCUT2D eigenvalue weighted by molar-refractivity contribution is 5.89. The van der Waals surface area contributed by atoms with Crippen molar-refractivity contribution in [2.45, 2.75) is 32.9 Å². The third kappa shape index (κ3) is 1.97. The monoisotopic (exact) mass is 270 g/mol. The predicted molar refractivity (Wildman–Crippen MR) is 78.7 cm³/mol. The molecule has 4 nitrogen and oxygen atoms in total. The van der Waals surface area contributed by atoms with E-state index in [0.29, 0.717) is 0 Å². The first-order chi connectivity index (χ1) is 9.51. The van der Waals surface area contributed by atoms with E-state index in [1.807, 2.05) is 32.0 Å². The number of hydrogen-bond acceptors (Lipinski definition) is 2. The molecule has 1 aliphatic rings. The third-order valence-corrected chi connectivity index (χ3v) is 3.72. The van der Waals surface area contributed by atoms with Gasteiger partial charge in [-0.2, -0.15) is 0 Å². The van der Waals surface area contributed by atoms with Crippen molar-refractivity contribution in [2.75, 3.05) is 5.32 Å². The zero-order valence-corrected chi connectivity index (χ0v) is 11.9. The number of nitrogens with zero attached hydrogens (tertiary/aromatic N) is 1. The van der Waals surface area contributed by atoms with Gasteiger partial charge in [0.25, 0.3) is 0 Å². The molecule has 1 amide bonds. The molecule has 2 aromatic rings. The highest BCUT2D eigenvalue weighted by Crippen LogP contribution is 2.38. The quantitative estimate of drug-likeness (QED) is 0.897. The van der Waals surface area contributed by atoms with E-state index in [9.17, 15) is 4.79 Å². The topological polar surface area (TPSA) is 43.3 Å². The number of carbonyl (C=O) groups is 1. The molecule has 0 bridgehead atoms. The third-order valence-electron chi connectivity index (χ3n) is 3.72. The molecule has 2 heterocycles. The van der Waals surface area contributed by atoms with Gasteiger partial charge < -0.3 is 9.30 Å². The van der Waals surface area contributed by atoms with Crippen molar-refractivity contribution in [1.29, 1.82) is 0 Å². The van der Waals surface area contributed by atoms with Crippen LogP contribution in [0.2, 0.25) is 0 Å². The minimum atomic E-state index is -0.614. The van der Waals surface area contributed by atoms with E-state index in [1.165, 1.54) is 5.69 Å². The van der Waals surface area contributed by atoms with Crippen molar-refractivity contribution in [3.05, 3.63) is 42.1 Å². The molecule has 0 unspecified atom stereocenters. The van der Waals surface area contributed by atoms with Crippen molar-refractivity contribution >= 4 is 11.8 Å². The summed E-state index contributed by atoms with van der Waals surface area (Å²) in [6.07, 6.45) is 1.67. The number of aromatic nitrogens is 1. The number of ether oxygens (including phenoxy) is 1. The van der Waals surface area contributed by atoms with E-state index in [-0.39, 0.29) is 0 Å². The standard InChI is InChI=1S/C16H18N2O2/c1-4-18-9-5-6-14(18)11-7-8-13-12(10-11)16(2,3)20-15(19)17-13/h5-10H,4H2,1-3H3,(H,17,19). The lowest BCUT2D eigenvalue weighted by atomic mass is 9.92. The molecule has 104 valence electrons. The minimum Gasteiger partial charge on any atom is -0.438 e. The molecule has 0 fully saturated rings. The number of fused-ring (bicyclic) bond motifs is 1. The van der Waals surface area contributed by atoms with Crippen molar-refractivity contribution < 1.29 is 9.53 Å². The summed E-state index contributed by atoms with van der Waals surface area (Å²) >= 11 is 0. The molecule has 0 aliphatic carbocycles. The number of aryl methyl sites for hydroxylation is 1. The van der Waals surface area contributed by atoms with Crippen LogP contribution in [0.25, 0.3) is 11.3 Å². The summed E-state index contributed by atoms with van der Waals surface area (Å²) in [5, 5.41) is 2.75. The molecule has 0 saturated heterocycles. The molecule has 0 atom stereocenters. The summed E-state index contributed by atoms with van der Waals surface area (Å²) in [7, 11) is 0. The van der Waals surface area contributed by atoms with Gasteiger partial charge in [-0.25, -0.2) is 4.79 Å². The van der Waals surface area contributed by atoms with Gasteiger partial charge in [-0.1, -0.05) is 6.07 Å². The lowest BCUT2D eigenvalue weighted by Gasteiger charge is -2.32. The van der Waals surface area contributed by atoms with Crippen LogP contribution in [0, 0.1) is 0 Å². The molecule has 1 aromatic heterocycles. The molecular weight excluding hydrogens is 252 g/mol. The van der Waals surface area contributed by atoms with Gasteiger partial charge in [0.15, 0.2) is 0 Å². The summed E-state index contributed by atoms with van der Waals surface area (Å²) in [5.41, 5.74) is 3.51. The zero-order chi connectivity index (χ0) is 14.3. The van der Waals surface area contributed by atoms with E-state index < -0.39 is 11.7 Å². The summed E-state index contributed by atoms with van der Waals surface area (Å²) in [4.78, 5) is 11.5. The average Bonchev–Trinajstić information content (AvgIpc) is 2.85. The fourth-order valence-electron chi connectivity index (χ4n) is 2.68. The largest absolute Gasteiger partial charge is 0.438 e. The van der Waals surface area contributed by atoms with E-state index in [1.54, 1.807) is 0 Å². The Morgan fingerprint density at radius 2 is 2.10 bits per heavy atom. The van der Waals surface area contributed by atoms with E-state index in [0.717, 1.165) is 23.4 Å². The van der Waals surface area contributed by atoms with Gasteiger partial charge in [0.2, 0.25) is 0 Å². The maximum atomic E-state index is 11.5. The lowest BCUT2D eigenvalue weighted by Crippen LogP contribution is -2.34. The fourth-order valence-corrected chi connectivity index (χ4v) is 2.68. The van der Waals surface area contributed by atoms with Crippen molar-refractivity contribution in [2.24, 2.45) is 0 Å². The van der Waals surface area contributed by atoms with Crippen molar-refractivity contribution in [3.63, 3.8) is 0 Å². The van der Waals surface area contributed by atoms with Gasteiger partial charge in [0, 0.05) is 24.0 Å². The molecule has 0 saturated carbocycles. The number of carbonyl (C=O) groups excluding carboxylic acids is 1. The lowest BCUT2D eigenvalue weighted by molar-refractivity contribution is 0.0421. The number of nitrogens with one attached hydrogen (secondary N) is 1. The Bertz CT molecular complexity index is 671. The van der Waals surface area contributed by atoms with Crippen LogP contribution in [0.15, 0.2) is 36.5 Å². The molecule has 1 N–H and O–H groups in total. The Hall–Kier alpha value is -2.23. The Morgan fingerprint density at radius 3 is 2.85 bits per heavy atom. The number of cyclic esters (lactones) is 1. The van der Waals surface area contributed by atoms with E-state index in [4.69, 9.17) is 4.74 Å². The Balaban J connectivity index is 2.12. The molecule has 0 spiro atoms. The van der Waals surface area contributed by atoms with Gasteiger partial charge in [-0.3, -0.25) is 5.32 Å². The molecule has 1 aliphatic heterocycles. The van der Waals surface area contributed by atoms with Crippen LogP contribution in [-0.2, 0) is 16.9 Å². The van der Waals surface area contributed by atoms with Crippen LogP contribution in [0.3, 0.4) is 0 Å². The van der Waals surface area contributed by atoms with Gasteiger partial charge in [-0.15, -0.1) is 0 Å². The molecule has 0 radical (unpaired) electrons. The maximum absolute atomic E-state index is 11.5. The zero-order valence-electron chi connectivity index (χ0n) is 11.9. The summed E-state index contributed by atoms with van der Waals surface area (Å²) in [5.74, 6) is 0. The van der Waals surface area contributed by atoms with E-state index in [2.05, 4.69) is 35.1 Å². The first kappa shape index (κ1) is 12.8. The van der Waals surface area contributed by atoms with Crippen LogP contribution >= 0.6 is 0 Å². The van der Waals surface area contributed by atoms with Gasteiger partial charge in [0.1, 0.15) is 5.60 Å². The summed E-state index contributed by atoms with van der Waals surface area (Å²) in [6.45, 7) is 6.87. The highest BCUT2D eigenvalue weighted by atomic mass is 16.6. The average molecular weight is 270 g/mol. The van der Waals surface area contributed by atoms with Crippen LogP contribution in [0.5, 0.6) is 0 Å². The Morgan fingerprint density at radius 1 is 1.30 bits per heavy atom. The second kappa shape index (κ2) is 4.40. The Labute approximate surface area is 118 Å². The van der Waals surface area contributed by atoms with Gasteiger partial charge >= 0.3 is 6.09 Å². The number of rotatable bonds is 2. The molecule has 3 rings (SSSR count). The van der Waals surface area contributed by atoms with E-state index >= 15 is 0 Å². The van der Waals surface area contributed by atoms with Crippen molar-refractivity contribution in [1.82, 2.24) is 4.57 Å². The second-order valence-corrected chi connectivity index (χ2v) is 5.46. The minimum absolute atomic E-state index is 0.396. The SMILES string of the molecule is CCn1cccc1-c1ccc2c(c1)C(C)(C)OC(=O)N2. The molecule has 4 heteroatoms. The molecular formula is C16H18N2O2. The number of amides is 1. The number of anilines is 1. The smallest absolute Gasteiger partial charge is 0.412 e. The molecule has 1 aromatic carbocycles. The summed E-state index contributed by atoms with van der Waals surface area (Å²) < 4.78 is 7.56. The number of benzene rings is 1. The van der Waals surface area contributed by atoms with Crippen LogP contribution in [-0.4, -0.2) is 10.7 Å². The number of hydrogen-bond donors (Lipinski definition) is 1. The fraction of sp³-hybridized carbons (Fsp3) is 0.312. The Kier molecular flexibility index (Phi) is 2.82. The highest BCUT2D eigenvalue weighted by Gasteiger charge is 2.33. The molecule has 20 heavy (non-hydrogen) atoms. The second-order valence-electron chi connectivity index (χ2n) is 5.46.